The number of aliphatic hydroxyl groups excluding tert-OH is 1. The highest BCUT2D eigenvalue weighted by atomic mass is 16.6. The zero-order valence-electron chi connectivity index (χ0n) is 11.3. The molecule has 0 aromatic heterocycles. The maximum Gasteiger partial charge on any atom is 0.373 e. The lowest BCUT2D eigenvalue weighted by molar-refractivity contribution is 0.132. The molecule has 0 spiro atoms. The summed E-state index contributed by atoms with van der Waals surface area (Å²) < 4.78 is 11.0. The van der Waals surface area contributed by atoms with Crippen molar-refractivity contribution in [2.45, 2.75) is 32.3 Å². The van der Waals surface area contributed by atoms with Gasteiger partial charge in [-0.2, -0.15) is 0 Å². The smallest absolute Gasteiger partial charge is 0.373 e. The molecule has 6 heteroatoms. The summed E-state index contributed by atoms with van der Waals surface area (Å²) in [6, 6.07) is 5.22. The Bertz CT molecular complexity index is 427. The number of aliphatic hydroxyl groups is 1. The van der Waals surface area contributed by atoms with Gasteiger partial charge in [-0.3, -0.25) is 0 Å². The Morgan fingerprint density at radius 1 is 1.32 bits per heavy atom. The van der Waals surface area contributed by atoms with Crippen LogP contribution >= 0.6 is 0 Å². The van der Waals surface area contributed by atoms with Gasteiger partial charge in [-0.25, -0.2) is 0 Å². The highest BCUT2D eigenvalue weighted by Gasteiger charge is 2.23. The fourth-order valence-corrected chi connectivity index (χ4v) is 2.22. The van der Waals surface area contributed by atoms with Crippen LogP contribution in [-0.2, 0) is 0 Å². The molecule has 0 fully saturated rings. The Hall–Kier alpha value is -1.24. The van der Waals surface area contributed by atoms with Gasteiger partial charge in [0.05, 0.1) is 6.10 Å². The predicted octanol–water partition coefficient (Wildman–Crippen LogP) is 0.970. The number of hydrogen-bond acceptors (Lipinski definition) is 5. The lowest BCUT2D eigenvalue weighted by Gasteiger charge is -2.25. The molecule has 1 aliphatic rings. The molecule has 2 rings (SSSR count). The van der Waals surface area contributed by atoms with Crippen LogP contribution in [0.5, 0.6) is 11.5 Å². The molecule has 1 heterocycles. The first-order valence-corrected chi connectivity index (χ1v) is 6.63. The summed E-state index contributed by atoms with van der Waals surface area (Å²) in [7, 11) is -0.656. The van der Waals surface area contributed by atoms with E-state index < -0.39 is 13.2 Å². The Kier molecular flexibility index (Phi) is 4.68. The maximum absolute atomic E-state index is 10.4. The normalized spacial score (nSPS) is 16.8. The van der Waals surface area contributed by atoms with Crippen molar-refractivity contribution in [2.24, 2.45) is 0 Å². The molecule has 0 unspecified atom stereocenters. The van der Waals surface area contributed by atoms with Crippen molar-refractivity contribution < 1.29 is 19.6 Å². The van der Waals surface area contributed by atoms with Crippen LogP contribution in [0.15, 0.2) is 18.2 Å². The Morgan fingerprint density at radius 3 is 2.63 bits per heavy atom. The second kappa shape index (κ2) is 6.28. The molecule has 2 atom stereocenters. The Balaban J connectivity index is 2.15. The van der Waals surface area contributed by atoms with Gasteiger partial charge in [0.1, 0.15) is 13.2 Å². The van der Waals surface area contributed by atoms with Crippen LogP contribution < -0.4 is 14.7 Å². The monoisotopic (exact) mass is 265 g/mol. The van der Waals surface area contributed by atoms with Crippen molar-refractivity contribution in [3.05, 3.63) is 23.8 Å². The minimum absolute atomic E-state index is 0.206. The lowest BCUT2D eigenvalue weighted by atomic mass is 9.85. The van der Waals surface area contributed by atoms with Crippen LogP contribution in [-0.4, -0.2) is 36.4 Å². The maximum atomic E-state index is 10.4. The summed E-state index contributed by atoms with van der Waals surface area (Å²) in [4.78, 5) is 0. The number of fused-ring (bicyclic) bond motifs is 1. The quantitative estimate of drug-likeness (QED) is 0.692. The van der Waals surface area contributed by atoms with E-state index in [9.17, 15) is 10.1 Å². The molecule has 0 saturated heterocycles. The van der Waals surface area contributed by atoms with Gasteiger partial charge in [0, 0.05) is 6.04 Å². The molecule has 19 heavy (non-hydrogen) atoms. The zero-order valence-corrected chi connectivity index (χ0v) is 11.3. The number of benzene rings is 1. The van der Waals surface area contributed by atoms with Gasteiger partial charge in [-0.1, -0.05) is 13.0 Å². The third-order valence-corrected chi connectivity index (χ3v) is 3.18. The van der Waals surface area contributed by atoms with Crippen LogP contribution in [0.25, 0.3) is 0 Å². The molecule has 1 aromatic rings. The van der Waals surface area contributed by atoms with E-state index in [1.54, 1.807) is 12.9 Å². The fourth-order valence-electron chi connectivity index (χ4n) is 2.22. The van der Waals surface area contributed by atoms with Gasteiger partial charge in [-0.05, 0) is 30.9 Å². The third kappa shape index (κ3) is 3.40. The second-order valence-corrected chi connectivity index (χ2v) is 4.71. The van der Waals surface area contributed by atoms with Gasteiger partial charge in [0.25, 0.3) is 0 Å². The van der Waals surface area contributed by atoms with Crippen LogP contribution in [0, 0.1) is 0 Å². The molecule has 104 valence electrons. The van der Waals surface area contributed by atoms with E-state index in [1.165, 1.54) is 0 Å². The van der Waals surface area contributed by atoms with Crippen LogP contribution in [0.3, 0.4) is 0 Å². The number of rotatable bonds is 5. The topological polar surface area (TPSA) is 71.0 Å². The molecule has 3 N–H and O–H groups in total. The summed E-state index contributed by atoms with van der Waals surface area (Å²) >= 11 is 0. The zero-order chi connectivity index (χ0) is 13.8. The first-order chi connectivity index (χ1) is 9.11. The summed E-state index contributed by atoms with van der Waals surface area (Å²) in [5.41, 5.74) is 0.754. The molecular formula is C13H20BNO4. The summed E-state index contributed by atoms with van der Waals surface area (Å²) in [6.45, 7) is 4.67. The van der Waals surface area contributed by atoms with Crippen LogP contribution in [0.1, 0.15) is 25.0 Å². The standard InChI is InChI=1S/C13H20BNO4/c1-3-10(15-14(2)17)13(16)9-4-5-11-12(8-9)19-7-6-18-11/h4-5,8,10,13,15-17H,3,6-7H2,1-2H3/t10-,13-/m1/s1. The van der Waals surface area contributed by atoms with Crippen molar-refractivity contribution in [1.82, 2.24) is 5.23 Å². The van der Waals surface area contributed by atoms with Crippen LogP contribution in [0.2, 0.25) is 6.82 Å². The molecule has 0 amide bonds. The predicted molar refractivity (Wildman–Crippen MR) is 73.4 cm³/mol. The van der Waals surface area contributed by atoms with E-state index in [0.29, 0.717) is 31.1 Å². The van der Waals surface area contributed by atoms with E-state index in [-0.39, 0.29) is 6.04 Å². The second-order valence-electron chi connectivity index (χ2n) is 4.71. The van der Waals surface area contributed by atoms with E-state index in [0.717, 1.165) is 5.56 Å². The average molecular weight is 265 g/mol. The van der Waals surface area contributed by atoms with Crippen molar-refractivity contribution in [2.75, 3.05) is 13.2 Å². The largest absolute Gasteiger partial charge is 0.486 e. The van der Waals surface area contributed by atoms with Gasteiger partial charge in [0.2, 0.25) is 0 Å². The molecule has 0 bridgehead atoms. The molecule has 0 saturated carbocycles. The molecule has 0 radical (unpaired) electrons. The first-order valence-electron chi connectivity index (χ1n) is 6.63. The van der Waals surface area contributed by atoms with Crippen molar-refractivity contribution >= 4 is 7.05 Å². The molecule has 0 aliphatic carbocycles. The van der Waals surface area contributed by atoms with E-state index in [4.69, 9.17) is 9.47 Å². The van der Waals surface area contributed by atoms with Gasteiger partial charge in [0.15, 0.2) is 11.5 Å². The number of hydrogen-bond donors (Lipinski definition) is 3. The van der Waals surface area contributed by atoms with Gasteiger partial charge < -0.3 is 24.8 Å². The molecule has 5 nitrogen and oxygen atoms in total. The summed E-state index contributed by atoms with van der Waals surface area (Å²) in [6.07, 6.45) is 0.0102. The SMILES string of the molecule is CC[C@@H](NB(C)O)[C@H](O)c1ccc2c(c1)OCCO2. The highest BCUT2D eigenvalue weighted by Crippen LogP contribution is 2.33. The van der Waals surface area contributed by atoms with E-state index >= 15 is 0 Å². The van der Waals surface area contributed by atoms with E-state index in [2.05, 4.69) is 5.23 Å². The highest BCUT2D eigenvalue weighted by molar-refractivity contribution is 6.45. The van der Waals surface area contributed by atoms with E-state index in [1.807, 2.05) is 19.1 Å². The van der Waals surface area contributed by atoms with Gasteiger partial charge in [-0.15, -0.1) is 0 Å². The molecule has 1 aromatic carbocycles. The van der Waals surface area contributed by atoms with Crippen molar-refractivity contribution in [1.29, 1.82) is 0 Å². The van der Waals surface area contributed by atoms with Crippen LogP contribution in [0.4, 0.5) is 0 Å². The average Bonchev–Trinajstić information content (AvgIpc) is 2.43. The summed E-state index contributed by atoms with van der Waals surface area (Å²) in [5, 5.41) is 22.7. The Labute approximate surface area is 113 Å². The number of nitrogens with one attached hydrogen (secondary N) is 1. The van der Waals surface area contributed by atoms with Crippen molar-refractivity contribution in [3.63, 3.8) is 0 Å². The number of ether oxygens (including phenoxy) is 2. The summed E-state index contributed by atoms with van der Waals surface area (Å²) in [5.74, 6) is 1.37. The van der Waals surface area contributed by atoms with Gasteiger partial charge >= 0.3 is 7.05 Å². The molecular weight excluding hydrogens is 245 g/mol. The third-order valence-electron chi connectivity index (χ3n) is 3.18. The minimum Gasteiger partial charge on any atom is -0.486 e. The minimum atomic E-state index is -0.699. The van der Waals surface area contributed by atoms with Crippen molar-refractivity contribution in [3.8, 4) is 11.5 Å². The first kappa shape index (κ1) is 14.2. The Morgan fingerprint density at radius 2 is 2.00 bits per heavy atom. The molecule has 1 aliphatic heterocycles. The lowest BCUT2D eigenvalue weighted by Crippen LogP contribution is -2.43. The fraction of sp³-hybridized carbons (Fsp3) is 0.538.